The van der Waals surface area contributed by atoms with E-state index in [9.17, 15) is 4.79 Å². The normalized spacial score (nSPS) is 20.9. The molecule has 0 spiro atoms. The smallest absolute Gasteiger partial charge is 0.236 e. The third kappa shape index (κ3) is 3.89. The van der Waals surface area contributed by atoms with Gasteiger partial charge < -0.3 is 10.2 Å². The van der Waals surface area contributed by atoms with Crippen molar-refractivity contribution in [2.24, 2.45) is 10.2 Å². The number of amidine groups is 1. The first kappa shape index (κ1) is 15.6. The Morgan fingerprint density at radius 3 is 2.82 bits per heavy atom. The van der Waals surface area contributed by atoms with E-state index in [0.29, 0.717) is 10.9 Å². The van der Waals surface area contributed by atoms with Gasteiger partial charge in [0.05, 0.1) is 12.0 Å². The molecule has 22 heavy (non-hydrogen) atoms. The molecule has 2 heterocycles. The zero-order chi connectivity index (χ0) is 15.4. The number of carbonyl (C=O) groups excluding carboxylic acids is 1. The van der Waals surface area contributed by atoms with E-state index >= 15 is 0 Å². The number of carbonyl (C=O) groups is 1. The molecule has 5 nitrogen and oxygen atoms in total. The second kappa shape index (κ2) is 7.28. The highest BCUT2D eigenvalue weighted by Gasteiger charge is 2.16. The molecule has 2 aliphatic heterocycles. The minimum absolute atomic E-state index is 0.0181. The molecule has 2 saturated heterocycles. The van der Waals surface area contributed by atoms with Crippen molar-refractivity contribution < 1.29 is 4.79 Å². The number of anilines is 1. The Kier molecular flexibility index (Phi) is 5.15. The fraction of sp³-hybridized carbons (Fsp3) is 0.400. The van der Waals surface area contributed by atoms with Gasteiger partial charge >= 0.3 is 0 Å². The van der Waals surface area contributed by atoms with Crippen LogP contribution in [0.25, 0.3) is 0 Å². The van der Waals surface area contributed by atoms with Crippen molar-refractivity contribution in [1.29, 1.82) is 0 Å². The van der Waals surface area contributed by atoms with Crippen LogP contribution >= 0.6 is 27.7 Å². The molecule has 0 saturated carbocycles. The molecule has 0 bridgehead atoms. The number of halogens is 1. The predicted octanol–water partition coefficient (Wildman–Crippen LogP) is 2.99. The third-order valence-corrected chi connectivity index (χ3v) is 4.97. The molecule has 1 aromatic rings. The van der Waals surface area contributed by atoms with Crippen LogP contribution in [0, 0.1) is 0 Å². The number of benzene rings is 1. The van der Waals surface area contributed by atoms with E-state index in [-0.39, 0.29) is 5.91 Å². The van der Waals surface area contributed by atoms with Crippen molar-refractivity contribution in [3.8, 4) is 0 Å². The van der Waals surface area contributed by atoms with Crippen LogP contribution < -0.4 is 10.2 Å². The summed E-state index contributed by atoms with van der Waals surface area (Å²) in [6, 6.07) is 6.23. The summed E-state index contributed by atoms with van der Waals surface area (Å²) in [6.07, 6.45) is 5.53. The molecule has 0 atom stereocenters. The van der Waals surface area contributed by atoms with Gasteiger partial charge in [-0.15, -0.1) is 5.10 Å². The van der Waals surface area contributed by atoms with Gasteiger partial charge in [0, 0.05) is 28.8 Å². The lowest BCUT2D eigenvalue weighted by atomic mass is 10.1. The van der Waals surface area contributed by atoms with E-state index in [1.54, 1.807) is 6.21 Å². The van der Waals surface area contributed by atoms with Crippen LogP contribution in [-0.4, -0.2) is 36.1 Å². The summed E-state index contributed by atoms with van der Waals surface area (Å²) in [5, 5.41) is 11.4. The first-order chi connectivity index (χ1) is 10.7. The Balaban J connectivity index is 1.79. The van der Waals surface area contributed by atoms with Crippen molar-refractivity contribution in [2.75, 3.05) is 23.7 Å². The molecule has 3 rings (SSSR count). The molecular weight excluding hydrogens is 364 g/mol. The Morgan fingerprint density at radius 1 is 1.27 bits per heavy atom. The van der Waals surface area contributed by atoms with Crippen LogP contribution in [0.4, 0.5) is 5.69 Å². The van der Waals surface area contributed by atoms with E-state index in [1.165, 1.54) is 36.7 Å². The van der Waals surface area contributed by atoms with Crippen molar-refractivity contribution in [1.82, 2.24) is 5.32 Å². The number of hydrogen-bond acceptors (Lipinski definition) is 5. The monoisotopic (exact) mass is 380 g/mol. The molecule has 0 aliphatic carbocycles. The summed E-state index contributed by atoms with van der Waals surface area (Å²) in [5.41, 5.74) is 2.23. The van der Waals surface area contributed by atoms with Crippen LogP contribution in [0.5, 0.6) is 0 Å². The minimum atomic E-state index is -0.0181. The minimum Gasteiger partial charge on any atom is -0.371 e. The first-order valence-corrected chi connectivity index (χ1v) is 9.08. The second-order valence-corrected chi connectivity index (χ2v) is 7.12. The molecule has 116 valence electrons. The zero-order valence-corrected chi connectivity index (χ0v) is 14.5. The van der Waals surface area contributed by atoms with Crippen molar-refractivity contribution >= 4 is 50.7 Å². The summed E-state index contributed by atoms with van der Waals surface area (Å²) in [7, 11) is 0. The molecule has 2 aliphatic rings. The standard InChI is InChI=1S/C15H17BrN4OS/c16-12-4-5-13(20-6-2-1-3-7-20)11(8-12)9-17-19-15-18-14(21)10-22-15/h4-5,8-9H,1-3,6-7,10H2,(H,18,19,21). The lowest BCUT2D eigenvalue weighted by Gasteiger charge is -2.30. The maximum absolute atomic E-state index is 11.1. The molecule has 1 amide bonds. The van der Waals surface area contributed by atoms with Gasteiger partial charge in [0.2, 0.25) is 5.91 Å². The highest BCUT2D eigenvalue weighted by Crippen LogP contribution is 2.26. The van der Waals surface area contributed by atoms with E-state index in [4.69, 9.17) is 0 Å². The van der Waals surface area contributed by atoms with Gasteiger partial charge in [0.25, 0.3) is 0 Å². The van der Waals surface area contributed by atoms with E-state index in [2.05, 4.69) is 48.5 Å². The summed E-state index contributed by atoms with van der Waals surface area (Å²) >= 11 is 4.89. The van der Waals surface area contributed by atoms with E-state index in [0.717, 1.165) is 23.1 Å². The summed E-state index contributed by atoms with van der Waals surface area (Å²) in [5.74, 6) is 0.403. The van der Waals surface area contributed by atoms with Gasteiger partial charge in [0.15, 0.2) is 5.17 Å². The highest BCUT2D eigenvalue weighted by molar-refractivity contribution is 9.10. The van der Waals surface area contributed by atoms with Crippen molar-refractivity contribution in [3.05, 3.63) is 28.2 Å². The van der Waals surface area contributed by atoms with Crippen LogP contribution in [-0.2, 0) is 4.79 Å². The molecule has 0 unspecified atom stereocenters. The number of piperidine rings is 1. The highest BCUT2D eigenvalue weighted by atomic mass is 79.9. The quantitative estimate of drug-likeness (QED) is 0.647. The van der Waals surface area contributed by atoms with Crippen LogP contribution in [0.3, 0.4) is 0 Å². The van der Waals surface area contributed by atoms with E-state index < -0.39 is 0 Å². The lowest BCUT2D eigenvalue weighted by Crippen LogP contribution is -2.30. The zero-order valence-electron chi connectivity index (χ0n) is 12.1. The molecule has 0 radical (unpaired) electrons. The third-order valence-electron chi connectivity index (χ3n) is 3.62. The Labute approximate surface area is 142 Å². The molecule has 1 N–H and O–H groups in total. The number of rotatable bonds is 3. The van der Waals surface area contributed by atoms with Gasteiger partial charge in [-0.05, 0) is 37.5 Å². The Morgan fingerprint density at radius 2 is 2.09 bits per heavy atom. The maximum atomic E-state index is 11.1. The van der Waals surface area contributed by atoms with Gasteiger partial charge in [-0.25, -0.2) is 0 Å². The molecule has 2 fully saturated rings. The molecule has 0 aromatic heterocycles. The van der Waals surface area contributed by atoms with Crippen LogP contribution in [0.15, 0.2) is 32.9 Å². The molecular formula is C15H17BrN4OS. The first-order valence-electron chi connectivity index (χ1n) is 7.30. The number of hydrogen-bond donors (Lipinski definition) is 1. The SMILES string of the molecule is O=C1CSC(=NN=Cc2cc(Br)ccc2N2CCCCC2)N1. The van der Waals surface area contributed by atoms with Gasteiger partial charge in [-0.3, -0.25) is 4.79 Å². The Hall–Kier alpha value is -1.34. The molecule has 1 aromatic carbocycles. The van der Waals surface area contributed by atoms with Crippen LogP contribution in [0.2, 0.25) is 0 Å². The summed E-state index contributed by atoms with van der Waals surface area (Å²) in [6.45, 7) is 2.17. The summed E-state index contributed by atoms with van der Waals surface area (Å²) < 4.78 is 1.02. The number of thioether (sulfide) groups is 1. The predicted molar refractivity (Wildman–Crippen MR) is 95.8 cm³/mol. The van der Waals surface area contributed by atoms with Gasteiger partial charge in [0.1, 0.15) is 0 Å². The fourth-order valence-electron chi connectivity index (χ4n) is 2.57. The van der Waals surface area contributed by atoms with Crippen LogP contribution in [0.1, 0.15) is 24.8 Å². The Bertz CT molecular complexity index is 626. The number of nitrogens with zero attached hydrogens (tertiary/aromatic N) is 3. The van der Waals surface area contributed by atoms with E-state index in [1.807, 2.05) is 6.07 Å². The summed E-state index contributed by atoms with van der Waals surface area (Å²) in [4.78, 5) is 13.5. The lowest BCUT2D eigenvalue weighted by molar-refractivity contribution is -0.116. The molecule has 7 heteroatoms. The average Bonchev–Trinajstić information content (AvgIpc) is 2.94. The average molecular weight is 381 g/mol. The van der Waals surface area contributed by atoms with Crippen molar-refractivity contribution in [3.63, 3.8) is 0 Å². The number of nitrogens with one attached hydrogen (secondary N) is 1. The topological polar surface area (TPSA) is 57.1 Å². The second-order valence-electron chi connectivity index (χ2n) is 5.24. The fourth-order valence-corrected chi connectivity index (χ4v) is 3.58. The van der Waals surface area contributed by atoms with Crippen molar-refractivity contribution in [2.45, 2.75) is 19.3 Å². The largest absolute Gasteiger partial charge is 0.371 e. The van der Waals surface area contributed by atoms with Gasteiger partial charge in [-0.1, -0.05) is 27.7 Å². The number of amides is 1. The maximum Gasteiger partial charge on any atom is 0.236 e. The van der Waals surface area contributed by atoms with Gasteiger partial charge in [-0.2, -0.15) is 5.10 Å².